The van der Waals surface area contributed by atoms with Crippen LogP contribution in [0.15, 0.2) is 36.4 Å². The molecule has 2 aromatic rings. The first-order valence-corrected chi connectivity index (χ1v) is 6.44. The van der Waals surface area contributed by atoms with E-state index in [1.807, 2.05) is 19.2 Å². The van der Waals surface area contributed by atoms with E-state index in [1.54, 1.807) is 0 Å². The van der Waals surface area contributed by atoms with Crippen molar-refractivity contribution in [2.75, 3.05) is 7.05 Å². The Morgan fingerprint density at radius 1 is 1.00 bits per heavy atom. The molecular weight excluding hydrogens is 244 g/mol. The van der Waals surface area contributed by atoms with Crippen molar-refractivity contribution in [3.63, 3.8) is 0 Å². The van der Waals surface area contributed by atoms with Crippen molar-refractivity contribution in [2.24, 2.45) is 0 Å². The summed E-state index contributed by atoms with van der Waals surface area (Å²) in [5, 5.41) is 3.28. The first kappa shape index (κ1) is 12.3. The molecule has 98 valence electrons. The van der Waals surface area contributed by atoms with Crippen LogP contribution in [0.2, 0.25) is 0 Å². The van der Waals surface area contributed by atoms with Crippen LogP contribution < -0.4 is 5.32 Å². The third-order valence-corrected chi connectivity index (χ3v) is 3.77. The van der Waals surface area contributed by atoms with E-state index in [-0.39, 0.29) is 0 Å². The van der Waals surface area contributed by atoms with Crippen molar-refractivity contribution in [1.29, 1.82) is 0 Å². The van der Waals surface area contributed by atoms with Gasteiger partial charge in [-0.05, 0) is 54.3 Å². The van der Waals surface area contributed by atoms with Crippen molar-refractivity contribution in [3.05, 3.63) is 59.2 Å². The summed E-state index contributed by atoms with van der Waals surface area (Å²) in [5.74, 6) is -1.08. The quantitative estimate of drug-likeness (QED) is 0.864. The van der Waals surface area contributed by atoms with Crippen LogP contribution in [0.5, 0.6) is 0 Å². The maximum atomic E-state index is 13.3. The predicted octanol–water partition coefficient (Wildman–Crippen LogP) is 3.84. The molecule has 19 heavy (non-hydrogen) atoms. The van der Waals surface area contributed by atoms with Gasteiger partial charge in [0.05, 0.1) is 0 Å². The summed E-state index contributed by atoms with van der Waals surface area (Å²) in [5.41, 5.74) is 4.02. The Balaban J connectivity index is 2.03. The first-order chi connectivity index (χ1) is 9.17. The van der Waals surface area contributed by atoms with Crippen LogP contribution in [0.3, 0.4) is 0 Å². The maximum Gasteiger partial charge on any atom is 0.126 e. The first-order valence-electron chi connectivity index (χ1n) is 6.44. The molecule has 0 saturated carbocycles. The standard InChI is InChI=1S/C16H15F2N/c1-19-16-5-3-11-6-10(2-4-15(11)16)12-7-13(17)9-14(18)8-12/h2,4,6-9,16,19H,3,5H2,1H3. The molecule has 2 aromatic carbocycles. The van der Waals surface area contributed by atoms with Crippen LogP contribution in [0, 0.1) is 11.6 Å². The minimum atomic E-state index is -0.538. The second-order valence-electron chi connectivity index (χ2n) is 4.95. The molecule has 1 aliphatic rings. The van der Waals surface area contributed by atoms with Gasteiger partial charge < -0.3 is 5.32 Å². The number of halogens is 2. The molecule has 1 unspecified atom stereocenters. The van der Waals surface area contributed by atoms with Gasteiger partial charge in [-0.3, -0.25) is 0 Å². The van der Waals surface area contributed by atoms with Crippen molar-refractivity contribution in [2.45, 2.75) is 18.9 Å². The fourth-order valence-corrected chi connectivity index (χ4v) is 2.82. The Labute approximate surface area is 111 Å². The monoisotopic (exact) mass is 259 g/mol. The van der Waals surface area contributed by atoms with Gasteiger partial charge in [0.2, 0.25) is 0 Å². The molecule has 0 bridgehead atoms. The molecular formula is C16H15F2N. The second kappa shape index (κ2) is 4.74. The highest BCUT2D eigenvalue weighted by molar-refractivity contribution is 5.65. The number of benzene rings is 2. The largest absolute Gasteiger partial charge is 0.313 e. The van der Waals surface area contributed by atoms with Crippen LogP contribution in [-0.2, 0) is 6.42 Å². The van der Waals surface area contributed by atoms with Gasteiger partial charge in [0.15, 0.2) is 0 Å². The number of hydrogen-bond acceptors (Lipinski definition) is 1. The SMILES string of the molecule is CNC1CCc2cc(-c3cc(F)cc(F)c3)ccc21. The zero-order valence-electron chi connectivity index (χ0n) is 10.7. The molecule has 0 heterocycles. The third kappa shape index (κ3) is 2.26. The predicted molar refractivity (Wildman–Crippen MR) is 71.9 cm³/mol. The van der Waals surface area contributed by atoms with E-state index < -0.39 is 11.6 Å². The zero-order chi connectivity index (χ0) is 13.4. The average molecular weight is 259 g/mol. The Morgan fingerprint density at radius 2 is 1.74 bits per heavy atom. The van der Waals surface area contributed by atoms with Crippen LogP contribution in [0.1, 0.15) is 23.6 Å². The number of fused-ring (bicyclic) bond motifs is 1. The minimum Gasteiger partial charge on any atom is -0.313 e. The van der Waals surface area contributed by atoms with Crippen LogP contribution in [-0.4, -0.2) is 7.05 Å². The van der Waals surface area contributed by atoms with Gasteiger partial charge in [-0.15, -0.1) is 0 Å². The topological polar surface area (TPSA) is 12.0 Å². The Morgan fingerprint density at radius 3 is 2.42 bits per heavy atom. The molecule has 0 aromatic heterocycles. The summed E-state index contributed by atoms with van der Waals surface area (Å²) in [4.78, 5) is 0. The van der Waals surface area contributed by atoms with E-state index in [1.165, 1.54) is 23.3 Å². The maximum absolute atomic E-state index is 13.3. The molecule has 0 radical (unpaired) electrons. The lowest BCUT2D eigenvalue weighted by molar-refractivity contribution is 0.584. The van der Waals surface area contributed by atoms with Crippen molar-refractivity contribution in [3.8, 4) is 11.1 Å². The molecule has 1 atom stereocenters. The van der Waals surface area contributed by atoms with Gasteiger partial charge >= 0.3 is 0 Å². The molecule has 0 spiro atoms. The lowest BCUT2D eigenvalue weighted by Crippen LogP contribution is -2.12. The average Bonchev–Trinajstić information content (AvgIpc) is 2.79. The van der Waals surface area contributed by atoms with E-state index in [4.69, 9.17) is 0 Å². The highest BCUT2D eigenvalue weighted by Gasteiger charge is 2.21. The van der Waals surface area contributed by atoms with Crippen molar-refractivity contribution < 1.29 is 8.78 Å². The summed E-state index contributed by atoms with van der Waals surface area (Å²) in [6, 6.07) is 10.1. The number of nitrogens with one attached hydrogen (secondary N) is 1. The second-order valence-corrected chi connectivity index (χ2v) is 4.95. The molecule has 3 heteroatoms. The molecule has 0 saturated heterocycles. The van der Waals surface area contributed by atoms with E-state index in [2.05, 4.69) is 11.4 Å². The zero-order valence-corrected chi connectivity index (χ0v) is 10.7. The molecule has 1 N–H and O–H groups in total. The third-order valence-electron chi connectivity index (χ3n) is 3.77. The normalized spacial score (nSPS) is 17.5. The van der Waals surface area contributed by atoms with E-state index in [0.29, 0.717) is 11.6 Å². The minimum absolute atomic E-state index is 0.397. The number of rotatable bonds is 2. The molecule has 1 aliphatic carbocycles. The number of aryl methyl sites for hydroxylation is 1. The highest BCUT2D eigenvalue weighted by Crippen LogP contribution is 2.34. The lowest BCUT2D eigenvalue weighted by atomic mass is 9.99. The van der Waals surface area contributed by atoms with Gasteiger partial charge in [0.25, 0.3) is 0 Å². The Hall–Kier alpha value is -1.74. The summed E-state index contributed by atoms with van der Waals surface area (Å²) in [7, 11) is 1.95. The van der Waals surface area contributed by atoms with Gasteiger partial charge in [0, 0.05) is 12.1 Å². The Bertz CT molecular complexity index is 602. The van der Waals surface area contributed by atoms with Gasteiger partial charge in [-0.25, -0.2) is 8.78 Å². The van der Waals surface area contributed by atoms with Gasteiger partial charge in [0.1, 0.15) is 11.6 Å². The number of hydrogen-bond donors (Lipinski definition) is 1. The lowest BCUT2D eigenvalue weighted by Gasteiger charge is -2.11. The van der Waals surface area contributed by atoms with E-state index in [9.17, 15) is 8.78 Å². The molecule has 0 fully saturated rings. The van der Waals surface area contributed by atoms with Crippen LogP contribution >= 0.6 is 0 Å². The van der Waals surface area contributed by atoms with Crippen LogP contribution in [0.25, 0.3) is 11.1 Å². The van der Waals surface area contributed by atoms with E-state index in [0.717, 1.165) is 24.5 Å². The highest BCUT2D eigenvalue weighted by atomic mass is 19.1. The van der Waals surface area contributed by atoms with Gasteiger partial charge in [-0.1, -0.05) is 18.2 Å². The summed E-state index contributed by atoms with van der Waals surface area (Å²) >= 11 is 0. The van der Waals surface area contributed by atoms with E-state index >= 15 is 0 Å². The van der Waals surface area contributed by atoms with Crippen molar-refractivity contribution in [1.82, 2.24) is 5.32 Å². The Kier molecular flexibility index (Phi) is 3.07. The fourth-order valence-electron chi connectivity index (χ4n) is 2.82. The molecule has 0 aliphatic heterocycles. The molecule has 3 rings (SSSR count). The van der Waals surface area contributed by atoms with Crippen molar-refractivity contribution >= 4 is 0 Å². The van der Waals surface area contributed by atoms with Gasteiger partial charge in [-0.2, -0.15) is 0 Å². The smallest absolute Gasteiger partial charge is 0.126 e. The summed E-state index contributed by atoms with van der Waals surface area (Å²) in [6.07, 6.45) is 2.08. The molecule has 1 nitrogen and oxygen atoms in total. The molecule has 0 amide bonds. The van der Waals surface area contributed by atoms with Crippen LogP contribution in [0.4, 0.5) is 8.78 Å². The summed E-state index contributed by atoms with van der Waals surface area (Å²) in [6.45, 7) is 0. The fraction of sp³-hybridized carbons (Fsp3) is 0.250. The summed E-state index contributed by atoms with van der Waals surface area (Å²) < 4.78 is 26.5.